The zero-order valence-corrected chi connectivity index (χ0v) is 26.2. The lowest BCUT2D eigenvalue weighted by molar-refractivity contribution is -0.133. The number of fused-ring (bicyclic) bond motifs is 1. The van der Waals surface area contributed by atoms with E-state index in [4.69, 9.17) is 18.9 Å². The second kappa shape index (κ2) is 13.0. The van der Waals surface area contributed by atoms with Crippen LogP contribution >= 0.6 is 0 Å². The van der Waals surface area contributed by atoms with Crippen LogP contribution in [0.2, 0.25) is 0 Å². The molecule has 3 aliphatic rings. The molecule has 47 heavy (non-hydrogen) atoms. The molecule has 3 fully saturated rings. The van der Waals surface area contributed by atoms with Gasteiger partial charge in [-0.2, -0.15) is 0 Å². The van der Waals surface area contributed by atoms with Crippen LogP contribution in [0.4, 0.5) is 8.78 Å². The predicted octanol–water partition coefficient (Wildman–Crippen LogP) is 6.12. The lowest BCUT2D eigenvalue weighted by Gasteiger charge is -2.26. The molecule has 0 amide bonds. The molecule has 0 bridgehead atoms. The lowest BCUT2D eigenvalue weighted by atomic mass is 9.88. The molecule has 0 spiro atoms. The molecule has 0 N–H and O–H groups in total. The number of benzene rings is 3. The number of ether oxygens (including phenoxy) is 4. The molecule has 2 aliphatic carbocycles. The number of rotatable bonds is 13. The van der Waals surface area contributed by atoms with E-state index < -0.39 is 11.2 Å². The van der Waals surface area contributed by atoms with Crippen molar-refractivity contribution in [2.24, 2.45) is 11.3 Å². The Morgan fingerprint density at radius 1 is 0.894 bits per heavy atom. The number of carbonyl (C=O) groups is 2. The number of Topliss-reactive ketones (excluding diaryl/α,β-unsaturated/α-hetero) is 2. The van der Waals surface area contributed by atoms with Gasteiger partial charge in [-0.25, -0.2) is 8.78 Å². The summed E-state index contributed by atoms with van der Waals surface area (Å²) in [5.74, 6) is 0.533. The zero-order valence-electron chi connectivity index (χ0n) is 26.2. The molecule has 1 saturated heterocycles. The van der Waals surface area contributed by atoms with Gasteiger partial charge in [0.25, 0.3) is 0 Å². The molecular formula is C37H36F2N2O6. The second-order valence-electron chi connectivity index (χ2n) is 12.7. The molecule has 1 aromatic heterocycles. The van der Waals surface area contributed by atoms with Gasteiger partial charge in [-0.3, -0.25) is 19.5 Å². The Bertz CT molecular complexity index is 1800. The number of hydrogen-bond acceptors (Lipinski definition) is 8. The van der Waals surface area contributed by atoms with E-state index >= 15 is 4.39 Å². The Kier molecular flexibility index (Phi) is 8.63. The lowest BCUT2D eigenvalue weighted by Crippen LogP contribution is -2.38. The summed E-state index contributed by atoms with van der Waals surface area (Å²) in [6.07, 6.45) is 3.59. The fourth-order valence-corrected chi connectivity index (χ4v) is 6.31. The van der Waals surface area contributed by atoms with Crippen molar-refractivity contribution in [2.75, 3.05) is 40.0 Å². The standard InChI is InChI=1S/C37H36F2N2O6/c1-44-33-20-27-29(21-34(33)47-32-19-25(32)22-41-12-14-45-15-13-41)40-11-8-30(27)46-31-7-4-24(16-28(31)39)18-36(43)37(9-10-37)35(42)17-23-2-5-26(38)6-3-23/h2-8,11,16,20-21,25,32H,9-10,12-15,17-19,22H2,1H3. The number of pyridine rings is 1. The molecule has 2 unspecified atom stereocenters. The van der Waals surface area contributed by atoms with Crippen molar-refractivity contribution in [3.63, 3.8) is 0 Å². The summed E-state index contributed by atoms with van der Waals surface area (Å²) in [4.78, 5) is 33.1. The minimum absolute atomic E-state index is 0.00884. The van der Waals surface area contributed by atoms with Gasteiger partial charge >= 0.3 is 0 Å². The number of hydrogen-bond donors (Lipinski definition) is 0. The zero-order chi connectivity index (χ0) is 32.5. The minimum Gasteiger partial charge on any atom is -0.493 e. The van der Waals surface area contributed by atoms with E-state index in [2.05, 4.69) is 9.88 Å². The van der Waals surface area contributed by atoms with Gasteiger partial charge in [0.05, 0.1) is 31.3 Å². The number of halogens is 2. The van der Waals surface area contributed by atoms with Crippen LogP contribution in [0, 0.1) is 23.0 Å². The van der Waals surface area contributed by atoms with Crippen LogP contribution in [0.25, 0.3) is 10.9 Å². The maximum absolute atomic E-state index is 15.3. The van der Waals surface area contributed by atoms with Gasteiger partial charge in [-0.15, -0.1) is 0 Å². The highest BCUT2D eigenvalue weighted by atomic mass is 19.1. The van der Waals surface area contributed by atoms with Gasteiger partial charge < -0.3 is 18.9 Å². The van der Waals surface area contributed by atoms with Gasteiger partial charge in [0.15, 0.2) is 34.6 Å². The average Bonchev–Trinajstić information content (AvgIpc) is 4.01. The third-order valence-corrected chi connectivity index (χ3v) is 9.40. The Morgan fingerprint density at radius 2 is 1.62 bits per heavy atom. The first kappa shape index (κ1) is 31.2. The molecule has 4 aromatic rings. The Hall–Kier alpha value is -4.41. The van der Waals surface area contributed by atoms with Gasteiger partial charge in [0.2, 0.25) is 0 Å². The average molecular weight is 643 g/mol. The monoisotopic (exact) mass is 642 g/mol. The maximum Gasteiger partial charge on any atom is 0.166 e. The highest BCUT2D eigenvalue weighted by Gasteiger charge is 2.54. The summed E-state index contributed by atoms with van der Waals surface area (Å²) in [7, 11) is 1.57. The Labute approximate surface area is 271 Å². The van der Waals surface area contributed by atoms with Crippen LogP contribution < -0.4 is 14.2 Å². The molecule has 244 valence electrons. The van der Waals surface area contributed by atoms with Crippen molar-refractivity contribution in [2.45, 2.75) is 38.2 Å². The van der Waals surface area contributed by atoms with Crippen LogP contribution in [0.3, 0.4) is 0 Å². The fraction of sp³-hybridized carbons (Fsp3) is 0.378. The molecule has 1 aliphatic heterocycles. The summed E-state index contributed by atoms with van der Waals surface area (Å²) in [6, 6.07) is 15.3. The summed E-state index contributed by atoms with van der Waals surface area (Å²) >= 11 is 0. The van der Waals surface area contributed by atoms with Crippen LogP contribution in [-0.4, -0.2) is 67.5 Å². The molecular weight excluding hydrogens is 606 g/mol. The molecule has 7 rings (SSSR count). The van der Waals surface area contributed by atoms with Crippen molar-refractivity contribution >= 4 is 22.5 Å². The molecule has 3 aromatic carbocycles. The summed E-state index contributed by atoms with van der Waals surface area (Å²) < 4.78 is 52.0. The molecule has 10 heteroatoms. The van der Waals surface area contributed by atoms with E-state index in [1.807, 2.05) is 6.07 Å². The van der Waals surface area contributed by atoms with Gasteiger partial charge in [0, 0.05) is 56.0 Å². The molecule has 2 saturated carbocycles. The number of carbonyl (C=O) groups excluding carboxylic acids is 2. The first-order chi connectivity index (χ1) is 22.8. The number of nitrogens with zero attached hydrogens (tertiary/aromatic N) is 2. The number of methoxy groups -OCH3 is 1. The van der Waals surface area contributed by atoms with Gasteiger partial charge in [0.1, 0.15) is 17.7 Å². The third kappa shape index (κ3) is 6.84. The third-order valence-electron chi connectivity index (χ3n) is 9.40. The normalized spacial score (nSPS) is 20.1. The SMILES string of the molecule is COc1cc2c(Oc3ccc(CC(=O)C4(C(=O)Cc5ccc(F)cc5)CC4)cc3F)ccnc2cc1OC1CC1CN1CCOCC1. The quantitative estimate of drug-likeness (QED) is 0.161. The number of aromatic nitrogens is 1. The van der Waals surface area contributed by atoms with Crippen molar-refractivity contribution in [1.82, 2.24) is 9.88 Å². The topological polar surface area (TPSA) is 87.2 Å². The van der Waals surface area contributed by atoms with Gasteiger partial charge in [-0.05, 0) is 66.8 Å². The van der Waals surface area contributed by atoms with Crippen LogP contribution in [-0.2, 0) is 27.2 Å². The highest BCUT2D eigenvalue weighted by molar-refractivity contribution is 6.11. The second-order valence-corrected chi connectivity index (χ2v) is 12.7. The van der Waals surface area contributed by atoms with Crippen molar-refractivity contribution in [3.8, 4) is 23.0 Å². The molecule has 2 heterocycles. The van der Waals surface area contributed by atoms with Crippen molar-refractivity contribution in [3.05, 3.63) is 89.6 Å². The number of ketones is 2. The largest absolute Gasteiger partial charge is 0.493 e. The first-order valence-corrected chi connectivity index (χ1v) is 16.0. The highest BCUT2D eigenvalue weighted by Crippen LogP contribution is 2.49. The van der Waals surface area contributed by atoms with Crippen LogP contribution in [0.5, 0.6) is 23.0 Å². The smallest absolute Gasteiger partial charge is 0.166 e. The number of morpholine rings is 1. The summed E-state index contributed by atoms with van der Waals surface area (Å²) in [5, 5.41) is 0.631. The molecule has 2 atom stereocenters. The van der Waals surface area contributed by atoms with E-state index in [9.17, 15) is 14.0 Å². The van der Waals surface area contributed by atoms with E-state index in [0.29, 0.717) is 58.0 Å². The first-order valence-electron chi connectivity index (χ1n) is 16.0. The Morgan fingerprint density at radius 3 is 2.32 bits per heavy atom. The van der Waals surface area contributed by atoms with Crippen LogP contribution in [0.15, 0.2) is 66.9 Å². The van der Waals surface area contributed by atoms with Crippen molar-refractivity contribution in [1.29, 1.82) is 0 Å². The predicted molar refractivity (Wildman–Crippen MR) is 170 cm³/mol. The molecule has 8 nitrogen and oxygen atoms in total. The fourth-order valence-electron chi connectivity index (χ4n) is 6.31. The van der Waals surface area contributed by atoms with Crippen molar-refractivity contribution < 1.29 is 37.3 Å². The van der Waals surface area contributed by atoms with E-state index in [0.717, 1.165) is 39.3 Å². The van der Waals surface area contributed by atoms with E-state index in [1.165, 1.54) is 24.3 Å². The summed E-state index contributed by atoms with van der Waals surface area (Å²) in [5.41, 5.74) is 0.673. The van der Waals surface area contributed by atoms with Crippen LogP contribution in [0.1, 0.15) is 30.4 Å². The van der Waals surface area contributed by atoms with E-state index in [-0.39, 0.29) is 42.1 Å². The maximum atomic E-state index is 15.3. The minimum atomic E-state index is -1.05. The summed E-state index contributed by atoms with van der Waals surface area (Å²) in [6.45, 7) is 4.40. The molecule has 0 radical (unpaired) electrons. The Balaban J connectivity index is 1.01. The van der Waals surface area contributed by atoms with E-state index in [1.54, 1.807) is 43.6 Å². The van der Waals surface area contributed by atoms with Gasteiger partial charge in [-0.1, -0.05) is 18.2 Å².